The maximum absolute atomic E-state index is 3.73. The topological polar surface area (TPSA) is 12.0 Å². The lowest BCUT2D eigenvalue weighted by molar-refractivity contribution is 0.281. The first-order valence-electron chi connectivity index (χ1n) is 7.58. The summed E-state index contributed by atoms with van der Waals surface area (Å²) in [6.07, 6.45) is 14.3. The third kappa shape index (κ3) is 5.89. The van der Waals surface area contributed by atoms with E-state index in [-0.39, 0.29) is 0 Å². The largest absolute Gasteiger partial charge is 0.314 e. The maximum Gasteiger partial charge on any atom is 0.00669 e. The Labute approximate surface area is 102 Å². The molecule has 16 heavy (non-hydrogen) atoms. The summed E-state index contributed by atoms with van der Waals surface area (Å²) in [5, 5.41) is 3.73. The van der Waals surface area contributed by atoms with Gasteiger partial charge in [-0.05, 0) is 38.6 Å². The van der Waals surface area contributed by atoms with Crippen LogP contribution in [0.1, 0.15) is 78.1 Å². The van der Waals surface area contributed by atoms with E-state index in [0.717, 1.165) is 12.0 Å². The molecule has 1 fully saturated rings. The molecular formula is C15H31N. The summed E-state index contributed by atoms with van der Waals surface area (Å²) in [5.74, 6) is 0.962. The molecular weight excluding hydrogens is 194 g/mol. The van der Waals surface area contributed by atoms with E-state index in [0.29, 0.717) is 0 Å². The Balaban J connectivity index is 1.94. The van der Waals surface area contributed by atoms with Gasteiger partial charge in [0.2, 0.25) is 0 Å². The minimum atomic E-state index is 0.756. The van der Waals surface area contributed by atoms with Crippen molar-refractivity contribution in [1.82, 2.24) is 5.32 Å². The van der Waals surface area contributed by atoms with Gasteiger partial charge in [-0.1, -0.05) is 51.9 Å². The maximum atomic E-state index is 3.73. The fourth-order valence-corrected chi connectivity index (χ4v) is 2.86. The van der Waals surface area contributed by atoms with Crippen LogP contribution in [0.4, 0.5) is 0 Å². The van der Waals surface area contributed by atoms with E-state index in [2.05, 4.69) is 19.2 Å². The fraction of sp³-hybridized carbons (Fsp3) is 1.00. The van der Waals surface area contributed by atoms with Crippen molar-refractivity contribution in [2.24, 2.45) is 5.92 Å². The van der Waals surface area contributed by atoms with Crippen molar-refractivity contribution < 1.29 is 0 Å². The summed E-state index contributed by atoms with van der Waals surface area (Å²) < 4.78 is 0. The van der Waals surface area contributed by atoms with Crippen molar-refractivity contribution in [2.45, 2.75) is 84.1 Å². The molecule has 0 aromatic carbocycles. The van der Waals surface area contributed by atoms with Crippen LogP contribution >= 0.6 is 0 Å². The first-order valence-corrected chi connectivity index (χ1v) is 7.58. The smallest absolute Gasteiger partial charge is 0.00669 e. The van der Waals surface area contributed by atoms with E-state index < -0.39 is 0 Å². The Kier molecular flexibility index (Phi) is 7.92. The zero-order valence-corrected chi connectivity index (χ0v) is 11.4. The zero-order chi connectivity index (χ0) is 11.6. The molecule has 0 bridgehead atoms. The van der Waals surface area contributed by atoms with Crippen molar-refractivity contribution in [3.8, 4) is 0 Å². The SMILES string of the molecule is CCCCCCCN[C@H](C)C1CCCCC1. The van der Waals surface area contributed by atoms with Gasteiger partial charge in [-0.2, -0.15) is 0 Å². The molecule has 0 saturated heterocycles. The van der Waals surface area contributed by atoms with Gasteiger partial charge >= 0.3 is 0 Å². The standard InChI is InChI=1S/C15H31N/c1-3-4-5-6-10-13-16-14(2)15-11-8-7-9-12-15/h14-16H,3-13H2,1-2H3/t14-/m1/s1. The van der Waals surface area contributed by atoms with Gasteiger partial charge in [-0.25, -0.2) is 0 Å². The molecule has 1 nitrogen and oxygen atoms in total. The second-order valence-corrected chi connectivity index (χ2v) is 5.56. The molecule has 1 aliphatic carbocycles. The molecule has 0 unspecified atom stereocenters. The third-order valence-electron chi connectivity index (χ3n) is 4.10. The predicted molar refractivity (Wildman–Crippen MR) is 72.8 cm³/mol. The molecule has 0 aromatic rings. The van der Waals surface area contributed by atoms with Crippen molar-refractivity contribution in [3.63, 3.8) is 0 Å². The molecule has 1 heteroatoms. The Morgan fingerprint density at radius 2 is 1.69 bits per heavy atom. The van der Waals surface area contributed by atoms with E-state index >= 15 is 0 Å². The minimum Gasteiger partial charge on any atom is -0.314 e. The van der Waals surface area contributed by atoms with E-state index in [1.165, 1.54) is 70.8 Å². The lowest BCUT2D eigenvalue weighted by atomic mass is 9.84. The molecule has 1 saturated carbocycles. The Morgan fingerprint density at radius 1 is 1.00 bits per heavy atom. The molecule has 1 rings (SSSR count). The molecule has 96 valence electrons. The molecule has 1 N–H and O–H groups in total. The van der Waals surface area contributed by atoms with Crippen LogP contribution in [-0.4, -0.2) is 12.6 Å². The molecule has 0 aromatic heterocycles. The Morgan fingerprint density at radius 3 is 2.38 bits per heavy atom. The normalized spacial score (nSPS) is 19.9. The Bertz CT molecular complexity index is 150. The van der Waals surface area contributed by atoms with Crippen molar-refractivity contribution in [1.29, 1.82) is 0 Å². The third-order valence-corrected chi connectivity index (χ3v) is 4.10. The molecule has 0 spiro atoms. The first-order chi connectivity index (χ1) is 7.84. The monoisotopic (exact) mass is 225 g/mol. The summed E-state index contributed by atoms with van der Waals surface area (Å²) in [6, 6.07) is 0.756. The summed E-state index contributed by atoms with van der Waals surface area (Å²) >= 11 is 0. The molecule has 0 radical (unpaired) electrons. The highest BCUT2D eigenvalue weighted by Crippen LogP contribution is 2.26. The number of hydrogen-bond donors (Lipinski definition) is 1. The quantitative estimate of drug-likeness (QED) is 0.599. The van der Waals surface area contributed by atoms with Gasteiger partial charge in [-0.15, -0.1) is 0 Å². The highest BCUT2D eigenvalue weighted by atomic mass is 14.9. The lowest BCUT2D eigenvalue weighted by Crippen LogP contribution is -2.35. The minimum absolute atomic E-state index is 0.756. The van der Waals surface area contributed by atoms with Gasteiger partial charge in [0.05, 0.1) is 0 Å². The lowest BCUT2D eigenvalue weighted by Gasteiger charge is -2.28. The number of nitrogens with one attached hydrogen (secondary N) is 1. The van der Waals surface area contributed by atoms with Crippen LogP contribution < -0.4 is 5.32 Å². The predicted octanol–water partition coefficient (Wildman–Crippen LogP) is 4.52. The second kappa shape index (κ2) is 9.04. The van der Waals surface area contributed by atoms with Gasteiger partial charge in [0.15, 0.2) is 0 Å². The van der Waals surface area contributed by atoms with Crippen LogP contribution in [0.25, 0.3) is 0 Å². The van der Waals surface area contributed by atoms with Crippen LogP contribution in [0.15, 0.2) is 0 Å². The van der Waals surface area contributed by atoms with Crippen molar-refractivity contribution >= 4 is 0 Å². The van der Waals surface area contributed by atoms with Gasteiger partial charge in [-0.3, -0.25) is 0 Å². The van der Waals surface area contributed by atoms with Gasteiger partial charge in [0.1, 0.15) is 0 Å². The average Bonchev–Trinajstić information content (AvgIpc) is 2.34. The van der Waals surface area contributed by atoms with Crippen LogP contribution in [0.3, 0.4) is 0 Å². The van der Waals surface area contributed by atoms with Gasteiger partial charge < -0.3 is 5.32 Å². The van der Waals surface area contributed by atoms with Crippen LogP contribution in [-0.2, 0) is 0 Å². The van der Waals surface area contributed by atoms with Crippen LogP contribution in [0.2, 0.25) is 0 Å². The summed E-state index contributed by atoms with van der Waals surface area (Å²) in [6.45, 7) is 5.91. The molecule has 0 heterocycles. The molecule has 1 atom stereocenters. The van der Waals surface area contributed by atoms with Crippen LogP contribution in [0, 0.1) is 5.92 Å². The summed E-state index contributed by atoms with van der Waals surface area (Å²) in [5.41, 5.74) is 0. The zero-order valence-electron chi connectivity index (χ0n) is 11.4. The summed E-state index contributed by atoms with van der Waals surface area (Å²) in [4.78, 5) is 0. The first kappa shape index (κ1) is 14.0. The van der Waals surface area contributed by atoms with E-state index in [1.54, 1.807) is 0 Å². The second-order valence-electron chi connectivity index (χ2n) is 5.56. The van der Waals surface area contributed by atoms with Gasteiger partial charge in [0.25, 0.3) is 0 Å². The molecule has 0 aliphatic heterocycles. The molecule has 0 amide bonds. The highest BCUT2D eigenvalue weighted by molar-refractivity contribution is 4.75. The van der Waals surface area contributed by atoms with Crippen LogP contribution in [0.5, 0.6) is 0 Å². The van der Waals surface area contributed by atoms with E-state index in [1.807, 2.05) is 0 Å². The number of rotatable bonds is 8. The van der Waals surface area contributed by atoms with Gasteiger partial charge in [0, 0.05) is 6.04 Å². The summed E-state index contributed by atoms with van der Waals surface area (Å²) in [7, 11) is 0. The fourth-order valence-electron chi connectivity index (χ4n) is 2.86. The molecule has 1 aliphatic rings. The highest BCUT2D eigenvalue weighted by Gasteiger charge is 2.18. The average molecular weight is 225 g/mol. The van der Waals surface area contributed by atoms with E-state index in [9.17, 15) is 0 Å². The Hall–Kier alpha value is -0.0400. The van der Waals surface area contributed by atoms with E-state index in [4.69, 9.17) is 0 Å². The number of hydrogen-bond acceptors (Lipinski definition) is 1. The van der Waals surface area contributed by atoms with Crippen molar-refractivity contribution in [2.75, 3.05) is 6.54 Å². The van der Waals surface area contributed by atoms with Crippen molar-refractivity contribution in [3.05, 3.63) is 0 Å². The number of unbranched alkanes of at least 4 members (excludes halogenated alkanes) is 4.